The first-order valence-electron chi connectivity index (χ1n) is 5.06. The first-order valence-corrected chi connectivity index (χ1v) is 7.04. The van der Waals surface area contributed by atoms with Crippen LogP contribution in [0.3, 0.4) is 0 Å². The van der Waals surface area contributed by atoms with Crippen LogP contribution in [-0.2, 0) is 0 Å². The lowest BCUT2D eigenvalue weighted by molar-refractivity contribution is 0.104. The van der Waals surface area contributed by atoms with Crippen molar-refractivity contribution in [1.29, 1.82) is 0 Å². The summed E-state index contributed by atoms with van der Waals surface area (Å²) in [6.45, 7) is 3.96. The smallest absolute Gasteiger partial charge is 0.203 e. The molecule has 2 rings (SSSR count). The molecule has 0 saturated carbocycles. The van der Waals surface area contributed by atoms with E-state index in [0.717, 1.165) is 20.5 Å². The average Bonchev–Trinajstić information content (AvgIpc) is 2.58. The molecular weight excluding hydrogens is 320 g/mol. The summed E-state index contributed by atoms with van der Waals surface area (Å²) in [5, 5.41) is 0.586. The molecule has 1 heterocycles. The molecule has 0 atom stereocenters. The minimum absolute atomic E-state index is 0.0279. The first kappa shape index (κ1) is 12.8. The van der Waals surface area contributed by atoms with E-state index in [4.69, 9.17) is 11.6 Å². The number of halogens is 2. The standard InChI is InChI=1S/C13H10BrClOS/c1-7-3-4-9(8(2)5-7)12(16)11-6-10(15)13(14)17-11/h3-6H,1-2H3. The Labute approximate surface area is 118 Å². The van der Waals surface area contributed by atoms with Crippen LogP contribution >= 0.6 is 38.9 Å². The highest BCUT2D eigenvalue weighted by atomic mass is 79.9. The van der Waals surface area contributed by atoms with Crippen LogP contribution in [0, 0.1) is 13.8 Å². The summed E-state index contributed by atoms with van der Waals surface area (Å²) in [7, 11) is 0. The monoisotopic (exact) mass is 328 g/mol. The maximum atomic E-state index is 12.3. The summed E-state index contributed by atoms with van der Waals surface area (Å²) in [6, 6.07) is 7.54. The zero-order valence-corrected chi connectivity index (χ0v) is 12.5. The minimum Gasteiger partial charge on any atom is -0.288 e. The molecule has 0 aliphatic carbocycles. The molecule has 0 aliphatic heterocycles. The van der Waals surface area contributed by atoms with Crippen molar-refractivity contribution in [3.05, 3.63) is 54.6 Å². The van der Waals surface area contributed by atoms with Gasteiger partial charge in [0, 0.05) is 5.56 Å². The van der Waals surface area contributed by atoms with Crippen molar-refractivity contribution in [1.82, 2.24) is 0 Å². The number of hydrogen-bond donors (Lipinski definition) is 0. The fourth-order valence-electron chi connectivity index (χ4n) is 1.66. The Hall–Kier alpha value is -0.640. The molecule has 0 spiro atoms. The number of hydrogen-bond acceptors (Lipinski definition) is 2. The molecule has 0 radical (unpaired) electrons. The highest BCUT2D eigenvalue weighted by Gasteiger charge is 2.15. The van der Waals surface area contributed by atoms with E-state index >= 15 is 0 Å². The van der Waals surface area contributed by atoms with E-state index in [1.165, 1.54) is 11.3 Å². The summed E-state index contributed by atoms with van der Waals surface area (Å²) in [5.41, 5.74) is 2.89. The fraction of sp³-hybridized carbons (Fsp3) is 0.154. The van der Waals surface area contributed by atoms with Crippen molar-refractivity contribution < 1.29 is 4.79 Å². The van der Waals surface area contributed by atoms with Crippen molar-refractivity contribution in [3.8, 4) is 0 Å². The second-order valence-electron chi connectivity index (χ2n) is 3.88. The van der Waals surface area contributed by atoms with E-state index in [0.29, 0.717) is 9.90 Å². The Kier molecular flexibility index (Phi) is 3.71. The van der Waals surface area contributed by atoms with Crippen LogP contribution in [0.4, 0.5) is 0 Å². The van der Waals surface area contributed by atoms with Gasteiger partial charge in [-0.3, -0.25) is 4.79 Å². The Morgan fingerprint density at radius 1 is 1.29 bits per heavy atom. The van der Waals surface area contributed by atoms with Gasteiger partial charge in [0.1, 0.15) is 0 Å². The molecule has 1 nitrogen and oxygen atoms in total. The molecule has 0 fully saturated rings. The summed E-state index contributed by atoms with van der Waals surface area (Å²) >= 11 is 10.6. The van der Waals surface area contributed by atoms with Gasteiger partial charge in [0.25, 0.3) is 0 Å². The molecule has 0 N–H and O–H groups in total. The second kappa shape index (κ2) is 4.92. The van der Waals surface area contributed by atoms with E-state index in [1.54, 1.807) is 6.07 Å². The van der Waals surface area contributed by atoms with Crippen molar-refractivity contribution in [2.24, 2.45) is 0 Å². The zero-order valence-electron chi connectivity index (χ0n) is 9.38. The van der Waals surface area contributed by atoms with Crippen LogP contribution in [0.1, 0.15) is 26.4 Å². The highest BCUT2D eigenvalue weighted by molar-refractivity contribution is 9.11. The minimum atomic E-state index is 0.0279. The van der Waals surface area contributed by atoms with Gasteiger partial charge in [0.2, 0.25) is 5.78 Å². The van der Waals surface area contributed by atoms with Crippen LogP contribution in [-0.4, -0.2) is 5.78 Å². The van der Waals surface area contributed by atoms with Gasteiger partial charge < -0.3 is 0 Å². The van der Waals surface area contributed by atoms with E-state index in [-0.39, 0.29) is 5.78 Å². The van der Waals surface area contributed by atoms with E-state index in [9.17, 15) is 4.79 Å². The van der Waals surface area contributed by atoms with Gasteiger partial charge in [0.05, 0.1) is 13.7 Å². The number of carbonyl (C=O) groups excluding carboxylic acids is 1. The van der Waals surface area contributed by atoms with Crippen LogP contribution < -0.4 is 0 Å². The fourth-order valence-corrected chi connectivity index (χ4v) is 3.32. The van der Waals surface area contributed by atoms with Crippen LogP contribution in [0.15, 0.2) is 28.1 Å². The quantitative estimate of drug-likeness (QED) is 0.708. The lowest BCUT2D eigenvalue weighted by atomic mass is 10.0. The maximum Gasteiger partial charge on any atom is 0.203 e. The summed E-state index contributed by atoms with van der Waals surface area (Å²) in [6.07, 6.45) is 0. The lowest BCUT2D eigenvalue weighted by Crippen LogP contribution is -2.01. The number of benzene rings is 1. The molecular formula is C13H10BrClOS. The number of aryl methyl sites for hydroxylation is 2. The first-order chi connectivity index (χ1) is 7.99. The number of thiophene rings is 1. The molecule has 0 bridgehead atoms. The Bertz CT molecular complexity index is 570. The zero-order chi connectivity index (χ0) is 12.6. The Morgan fingerprint density at radius 3 is 2.53 bits per heavy atom. The van der Waals surface area contributed by atoms with Crippen LogP contribution in [0.2, 0.25) is 5.02 Å². The Morgan fingerprint density at radius 2 is 2.00 bits per heavy atom. The second-order valence-corrected chi connectivity index (χ2v) is 6.66. The van der Waals surface area contributed by atoms with Gasteiger partial charge in [-0.15, -0.1) is 11.3 Å². The SMILES string of the molecule is Cc1ccc(C(=O)c2cc(Cl)c(Br)s2)c(C)c1. The van der Waals surface area contributed by atoms with Crippen molar-refractivity contribution >= 4 is 44.7 Å². The summed E-state index contributed by atoms with van der Waals surface area (Å²) < 4.78 is 0.798. The third kappa shape index (κ3) is 2.62. The van der Waals surface area contributed by atoms with Gasteiger partial charge in [0.15, 0.2) is 0 Å². The molecule has 1 aromatic carbocycles. The molecule has 4 heteroatoms. The third-order valence-electron chi connectivity index (χ3n) is 2.50. The normalized spacial score (nSPS) is 10.6. The third-order valence-corrected chi connectivity index (χ3v) is 4.97. The number of ketones is 1. The van der Waals surface area contributed by atoms with Crippen molar-refractivity contribution in [2.75, 3.05) is 0 Å². The van der Waals surface area contributed by atoms with Crippen molar-refractivity contribution in [3.63, 3.8) is 0 Å². The molecule has 0 aliphatic rings. The van der Waals surface area contributed by atoms with Gasteiger partial charge in [-0.1, -0.05) is 35.4 Å². The largest absolute Gasteiger partial charge is 0.288 e. The molecule has 0 unspecified atom stereocenters. The van der Waals surface area contributed by atoms with E-state index in [2.05, 4.69) is 15.9 Å². The molecule has 0 amide bonds. The maximum absolute atomic E-state index is 12.3. The van der Waals surface area contributed by atoms with E-state index in [1.807, 2.05) is 32.0 Å². The van der Waals surface area contributed by atoms with E-state index < -0.39 is 0 Å². The van der Waals surface area contributed by atoms with Crippen molar-refractivity contribution in [2.45, 2.75) is 13.8 Å². The lowest BCUT2D eigenvalue weighted by Gasteiger charge is -2.04. The topological polar surface area (TPSA) is 17.1 Å². The van der Waals surface area contributed by atoms with Crippen LogP contribution in [0.25, 0.3) is 0 Å². The molecule has 1 aromatic heterocycles. The molecule has 17 heavy (non-hydrogen) atoms. The molecule has 0 saturated heterocycles. The van der Waals surface area contributed by atoms with Crippen LogP contribution in [0.5, 0.6) is 0 Å². The summed E-state index contributed by atoms with van der Waals surface area (Å²) in [4.78, 5) is 12.9. The highest BCUT2D eigenvalue weighted by Crippen LogP contribution is 2.33. The number of carbonyl (C=O) groups is 1. The average molecular weight is 330 g/mol. The molecule has 2 aromatic rings. The number of rotatable bonds is 2. The predicted molar refractivity (Wildman–Crippen MR) is 76.4 cm³/mol. The van der Waals surface area contributed by atoms with Gasteiger partial charge in [-0.2, -0.15) is 0 Å². The van der Waals surface area contributed by atoms with Gasteiger partial charge in [-0.05, 0) is 41.4 Å². The van der Waals surface area contributed by atoms with Gasteiger partial charge >= 0.3 is 0 Å². The predicted octanol–water partition coefficient (Wildman–Crippen LogP) is 5.01. The Balaban J connectivity index is 2.43. The van der Waals surface area contributed by atoms with Gasteiger partial charge in [-0.25, -0.2) is 0 Å². The molecule has 88 valence electrons. The summed E-state index contributed by atoms with van der Waals surface area (Å²) in [5.74, 6) is 0.0279.